The van der Waals surface area contributed by atoms with Crippen LogP contribution in [0.3, 0.4) is 0 Å². The largest absolute Gasteiger partial charge is 0.346 e. The maximum Gasteiger partial charge on any atom is 0.185 e. The third-order valence-electron chi connectivity index (χ3n) is 4.50. The first-order valence-electron chi connectivity index (χ1n) is 7.72. The summed E-state index contributed by atoms with van der Waals surface area (Å²) < 4.78 is 0. The van der Waals surface area contributed by atoms with Crippen LogP contribution < -0.4 is 4.90 Å². The van der Waals surface area contributed by atoms with E-state index in [0.717, 1.165) is 44.2 Å². The van der Waals surface area contributed by atoms with E-state index in [1.807, 2.05) is 11.6 Å². The van der Waals surface area contributed by atoms with Crippen molar-refractivity contribution in [2.45, 2.75) is 32.1 Å². The number of carbonyl (C=O) groups excluding carboxylic acids is 1. The minimum Gasteiger partial charge on any atom is -0.346 e. The van der Waals surface area contributed by atoms with E-state index in [1.165, 1.54) is 19.3 Å². The monoisotopic (exact) mass is 293 g/mol. The predicted octanol–water partition coefficient (Wildman–Crippen LogP) is 2.41. The molecule has 1 saturated carbocycles. The third kappa shape index (κ3) is 3.38. The average Bonchev–Trinajstić information content (AvgIpc) is 3.03. The van der Waals surface area contributed by atoms with Crippen molar-refractivity contribution in [3.05, 3.63) is 11.6 Å². The van der Waals surface area contributed by atoms with E-state index in [9.17, 15) is 4.79 Å². The second-order valence-corrected chi connectivity index (χ2v) is 6.75. The molecule has 2 heterocycles. The summed E-state index contributed by atoms with van der Waals surface area (Å²) in [5, 5.41) is 3.14. The van der Waals surface area contributed by atoms with E-state index in [-0.39, 0.29) is 0 Å². The number of thiazole rings is 1. The zero-order chi connectivity index (χ0) is 13.8. The molecular weight excluding hydrogens is 270 g/mol. The number of hydrogen-bond donors (Lipinski definition) is 0. The van der Waals surface area contributed by atoms with Gasteiger partial charge >= 0.3 is 0 Å². The van der Waals surface area contributed by atoms with Gasteiger partial charge in [0.1, 0.15) is 5.78 Å². The summed E-state index contributed by atoms with van der Waals surface area (Å²) in [6.07, 6.45) is 7.91. The molecule has 1 saturated heterocycles. The number of hydrogen-bond acceptors (Lipinski definition) is 5. The van der Waals surface area contributed by atoms with E-state index in [1.54, 1.807) is 11.3 Å². The maximum atomic E-state index is 12.3. The molecule has 2 aliphatic rings. The summed E-state index contributed by atoms with van der Waals surface area (Å²) in [7, 11) is 0. The van der Waals surface area contributed by atoms with Crippen molar-refractivity contribution < 1.29 is 4.79 Å². The lowest BCUT2D eigenvalue weighted by molar-refractivity contribution is -0.125. The van der Waals surface area contributed by atoms with E-state index >= 15 is 0 Å². The van der Waals surface area contributed by atoms with Gasteiger partial charge in [-0.25, -0.2) is 4.98 Å². The lowest BCUT2D eigenvalue weighted by Crippen LogP contribution is -2.48. The first kappa shape index (κ1) is 14.0. The summed E-state index contributed by atoms with van der Waals surface area (Å²) in [6.45, 7) is 4.61. The molecule has 1 aliphatic heterocycles. The van der Waals surface area contributed by atoms with E-state index in [0.29, 0.717) is 18.2 Å². The van der Waals surface area contributed by atoms with Crippen molar-refractivity contribution in [2.24, 2.45) is 5.92 Å². The van der Waals surface area contributed by atoms with Crippen LogP contribution in [0.2, 0.25) is 0 Å². The quantitative estimate of drug-likeness (QED) is 0.854. The molecule has 1 aliphatic carbocycles. The fourth-order valence-electron chi connectivity index (χ4n) is 3.24. The van der Waals surface area contributed by atoms with E-state index in [4.69, 9.17) is 0 Å². The van der Waals surface area contributed by atoms with Gasteiger partial charge in [0.15, 0.2) is 5.13 Å². The van der Waals surface area contributed by atoms with E-state index in [2.05, 4.69) is 14.8 Å². The van der Waals surface area contributed by atoms with Crippen molar-refractivity contribution >= 4 is 22.3 Å². The molecule has 1 aromatic rings. The van der Waals surface area contributed by atoms with Crippen molar-refractivity contribution in [1.29, 1.82) is 0 Å². The molecule has 2 fully saturated rings. The van der Waals surface area contributed by atoms with Gasteiger partial charge in [0, 0.05) is 43.7 Å². The Kier molecular flexibility index (Phi) is 4.68. The average molecular weight is 293 g/mol. The maximum absolute atomic E-state index is 12.3. The number of anilines is 1. The Bertz CT molecular complexity index is 420. The molecule has 4 nitrogen and oxygen atoms in total. The molecule has 5 heteroatoms. The molecule has 110 valence electrons. The van der Waals surface area contributed by atoms with Crippen molar-refractivity contribution in [1.82, 2.24) is 9.88 Å². The van der Waals surface area contributed by atoms with E-state index < -0.39 is 0 Å². The van der Waals surface area contributed by atoms with Gasteiger partial charge in [-0.2, -0.15) is 0 Å². The van der Waals surface area contributed by atoms with Gasteiger partial charge in [0.2, 0.25) is 0 Å². The summed E-state index contributed by atoms with van der Waals surface area (Å²) in [5.74, 6) is 0.827. The molecular formula is C15H23N3OS. The SMILES string of the molecule is O=C(CN1CCN(c2nccs2)CC1)C1CCCCC1. The molecule has 3 rings (SSSR count). The first-order chi connectivity index (χ1) is 9.83. The highest BCUT2D eigenvalue weighted by atomic mass is 32.1. The molecule has 0 N–H and O–H groups in total. The standard InChI is InChI=1S/C15H23N3OS/c19-14(13-4-2-1-3-5-13)12-17-7-9-18(10-8-17)15-16-6-11-20-15/h6,11,13H,1-5,7-10,12H2. The Hall–Kier alpha value is -0.940. The van der Waals surface area contributed by atoms with Gasteiger partial charge in [0.25, 0.3) is 0 Å². The minimum atomic E-state index is 0.348. The number of piperazine rings is 1. The van der Waals surface area contributed by atoms with Crippen LogP contribution in [0.5, 0.6) is 0 Å². The van der Waals surface area contributed by atoms with Gasteiger partial charge in [-0.15, -0.1) is 11.3 Å². The number of Topliss-reactive ketones (excluding diaryl/α,β-unsaturated/α-hetero) is 1. The second kappa shape index (κ2) is 6.68. The molecule has 0 bridgehead atoms. The lowest BCUT2D eigenvalue weighted by atomic mass is 9.86. The van der Waals surface area contributed by atoms with Crippen LogP contribution in [0.15, 0.2) is 11.6 Å². The highest BCUT2D eigenvalue weighted by Crippen LogP contribution is 2.25. The Morgan fingerprint density at radius 2 is 1.95 bits per heavy atom. The normalized spacial score (nSPS) is 22.1. The Balaban J connectivity index is 1.45. The summed E-state index contributed by atoms with van der Waals surface area (Å²) in [5.41, 5.74) is 0. The van der Waals surface area contributed by atoms with Crippen LogP contribution in [0.1, 0.15) is 32.1 Å². The van der Waals surface area contributed by atoms with Crippen LogP contribution >= 0.6 is 11.3 Å². The van der Waals surface area contributed by atoms with Gasteiger partial charge < -0.3 is 4.90 Å². The smallest absolute Gasteiger partial charge is 0.185 e. The Morgan fingerprint density at radius 1 is 1.20 bits per heavy atom. The van der Waals surface area contributed by atoms with Crippen molar-refractivity contribution in [3.63, 3.8) is 0 Å². The first-order valence-corrected chi connectivity index (χ1v) is 8.60. The Labute approximate surface area is 124 Å². The number of rotatable bonds is 4. The zero-order valence-corrected chi connectivity index (χ0v) is 12.8. The van der Waals surface area contributed by atoms with Crippen molar-refractivity contribution in [2.75, 3.05) is 37.6 Å². The predicted molar refractivity (Wildman–Crippen MR) is 82.3 cm³/mol. The molecule has 0 atom stereocenters. The minimum absolute atomic E-state index is 0.348. The summed E-state index contributed by atoms with van der Waals surface area (Å²) >= 11 is 1.70. The molecule has 20 heavy (non-hydrogen) atoms. The number of ketones is 1. The molecule has 1 aromatic heterocycles. The highest BCUT2D eigenvalue weighted by molar-refractivity contribution is 7.13. The summed E-state index contributed by atoms with van der Waals surface area (Å²) in [4.78, 5) is 21.3. The van der Waals surface area contributed by atoms with Gasteiger partial charge in [-0.3, -0.25) is 9.69 Å². The van der Waals surface area contributed by atoms with Crippen LogP contribution in [-0.2, 0) is 4.79 Å². The fraction of sp³-hybridized carbons (Fsp3) is 0.733. The van der Waals surface area contributed by atoms with Crippen LogP contribution in [0, 0.1) is 5.92 Å². The van der Waals surface area contributed by atoms with Crippen LogP contribution in [0.4, 0.5) is 5.13 Å². The van der Waals surface area contributed by atoms with Gasteiger partial charge in [-0.05, 0) is 12.8 Å². The fourth-order valence-corrected chi connectivity index (χ4v) is 3.94. The second-order valence-electron chi connectivity index (χ2n) is 5.88. The number of nitrogens with zero attached hydrogens (tertiary/aromatic N) is 3. The molecule has 0 amide bonds. The molecule has 0 spiro atoms. The molecule has 0 unspecified atom stereocenters. The van der Waals surface area contributed by atoms with Gasteiger partial charge in [-0.1, -0.05) is 19.3 Å². The Morgan fingerprint density at radius 3 is 2.60 bits per heavy atom. The third-order valence-corrected chi connectivity index (χ3v) is 5.33. The molecule has 0 aromatic carbocycles. The number of aromatic nitrogens is 1. The van der Waals surface area contributed by atoms with Crippen LogP contribution in [0.25, 0.3) is 0 Å². The van der Waals surface area contributed by atoms with Gasteiger partial charge in [0.05, 0.1) is 6.54 Å². The summed E-state index contributed by atoms with van der Waals surface area (Å²) in [6, 6.07) is 0. The number of carbonyl (C=O) groups is 1. The van der Waals surface area contributed by atoms with Crippen molar-refractivity contribution in [3.8, 4) is 0 Å². The zero-order valence-electron chi connectivity index (χ0n) is 12.0. The topological polar surface area (TPSA) is 36.4 Å². The molecule has 0 radical (unpaired) electrons. The lowest BCUT2D eigenvalue weighted by Gasteiger charge is -2.35. The van der Waals surface area contributed by atoms with Crippen LogP contribution in [-0.4, -0.2) is 48.4 Å². The highest BCUT2D eigenvalue weighted by Gasteiger charge is 2.25.